The fourth-order valence-corrected chi connectivity index (χ4v) is 5.97. The highest BCUT2D eigenvalue weighted by Crippen LogP contribution is 2.23. The summed E-state index contributed by atoms with van der Waals surface area (Å²) in [5.74, 6) is 0.662. The topological polar surface area (TPSA) is 112 Å². The van der Waals surface area contributed by atoms with E-state index in [1.807, 2.05) is 4.90 Å². The highest BCUT2D eigenvalue weighted by molar-refractivity contribution is 7.89. The van der Waals surface area contributed by atoms with Crippen LogP contribution in [0.1, 0.15) is 32.1 Å². The summed E-state index contributed by atoms with van der Waals surface area (Å²) in [5.41, 5.74) is 0. The van der Waals surface area contributed by atoms with Crippen molar-refractivity contribution in [2.45, 2.75) is 37.0 Å². The standard InChI is InChI=1S/C22H33N5O5S/c28-21(17-24-22(29)18-4-2-1-3-5-18)26-10-8-25(9-11-26)20-7-6-19(16-23-20)33(30,31)27-12-14-32-15-13-27/h6-7,16,18H,1-5,8-15,17H2,(H,24,29). The second-order valence-corrected chi connectivity index (χ2v) is 10.7. The molecule has 1 aromatic heterocycles. The summed E-state index contributed by atoms with van der Waals surface area (Å²) in [7, 11) is -3.57. The Labute approximate surface area is 195 Å². The van der Waals surface area contributed by atoms with Crippen LogP contribution in [0.25, 0.3) is 0 Å². The average Bonchev–Trinajstić information content (AvgIpc) is 2.88. The van der Waals surface area contributed by atoms with Crippen LogP contribution in [0.15, 0.2) is 23.2 Å². The summed E-state index contributed by atoms with van der Waals surface area (Å²) in [6.07, 6.45) is 6.59. The molecule has 2 amide bonds. The molecule has 1 saturated carbocycles. The maximum atomic E-state index is 12.7. The maximum Gasteiger partial charge on any atom is 0.244 e. The number of morpholine rings is 1. The van der Waals surface area contributed by atoms with Gasteiger partial charge in [0.2, 0.25) is 21.8 Å². The van der Waals surface area contributed by atoms with Crippen molar-refractivity contribution in [1.29, 1.82) is 0 Å². The smallest absolute Gasteiger partial charge is 0.244 e. The molecule has 33 heavy (non-hydrogen) atoms. The molecule has 2 saturated heterocycles. The summed E-state index contributed by atoms with van der Waals surface area (Å²) in [4.78, 5) is 33.1. The molecule has 0 radical (unpaired) electrons. The Morgan fingerprint density at radius 2 is 1.70 bits per heavy atom. The van der Waals surface area contributed by atoms with Gasteiger partial charge in [-0.2, -0.15) is 4.31 Å². The van der Waals surface area contributed by atoms with Crippen LogP contribution in [0.4, 0.5) is 5.82 Å². The number of carbonyl (C=O) groups is 2. The molecule has 4 rings (SSSR count). The number of amides is 2. The number of piperazine rings is 1. The van der Waals surface area contributed by atoms with Crippen LogP contribution in [-0.2, 0) is 24.3 Å². The van der Waals surface area contributed by atoms with Crippen LogP contribution in [0.5, 0.6) is 0 Å². The van der Waals surface area contributed by atoms with Crippen molar-refractivity contribution in [2.24, 2.45) is 5.92 Å². The molecular weight excluding hydrogens is 446 g/mol. The zero-order valence-corrected chi connectivity index (χ0v) is 19.8. The molecule has 3 aliphatic rings. The fourth-order valence-electron chi connectivity index (χ4n) is 4.62. The Hall–Kier alpha value is -2.24. The van der Waals surface area contributed by atoms with Gasteiger partial charge < -0.3 is 19.9 Å². The van der Waals surface area contributed by atoms with E-state index in [0.717, 1.165) is 25.7 Å². The van der Waals surface area contributed by atoms with Crippen LogP contribution in [0.2, 0.25) is 0 Å². The second kappa shape index (κ2) is 10.8. The number of anilines is 1. The van der Waals surface area contributed by atoms with Crippen molar-refractivity contribution in [3.8, 4) is 0 Å². The number of hydrogen-bond acceptors (Lipinski definition) is 7. The third-order valence-electron chi connectivity index (χ3n) is 6.67. The van der Waals surface area contributed by atoms with Gasteiger partial charge in [0.05, 0.1) is 19.8 Å². The van der Waals surface area contributed by atoms with Crippen molar-refractivity contribution in [3.05, 3.63) is 18.3 Å². The van der Waals surface area contributed by atoms with E-state index in [0.29, 0.717) is 58.3 Å². The van der Waals surface area contributed by atoms with E-state index in [1.54, 1.807) is 17.0 Å². The molecule has 11 heteroatoms. The lowest BCUT2D eigenvalue weighted by atomic mass is 9.89. The number of ether oxygens (including phenoxy) is 1. The largest absolute Gasteiger partial charge is 0.379 e. The molecule has 0 bridgehead atoms. The van der Waals surface area contributed by atoms with E-state index in [2.05, 4.69) is 10.3 Å². The van der Waals surface area contributed by atoms with E-state index in [-0.39, 0.29) is 29.2 Å². The second-order valence-electron chi connectivity index (χ2n) is 8.79. The summed E-state index contributed by atoms with van der Waals surface area (Å²) >= 11 is 0. The number of aromatic nitrogens is 1. The van der Waals surface area contributed by atoms with Crippen molar-refractivity contribution >= 4 is 27.7 Å². The van der Waals surface area contributed by atoms with Gasteiger partial charge in [0.25, 0.3) is 0 Å². The summed E-state index contributed by atoms with van der Waals surface area (Å²) in [6, 6.07) is 3.31. The average molecular weight is 480 g/mol. The molecule has 10 nitrogen and oxygen atoms in total. The number of pyridine rings is 1. The normalized spacial score (nSPS) is 21.1. The maximum absolute atomic E-state index is 12.7. The molecular formula is C22H33N5O5S. The summed E-state index contributed by atoms with van der Waals surface area (Å²) < 4.78 is 32.1. The number of carbonyl (C=O) groups excluding carboxylic acids is 2. The number of hydrogen-bond donors (Lipinski definition) is 1. The van der Waals surface area contributed by atoms with Crippen molar-refractivity contribution < 1.29 is 22.7 Å². The van der Waals surface area contributed by atoms with E-state index < -0.39 is 10.0 Å². The molecule has 1 aromatic rings. The minimum absolute atomic E-state index is 0.00185. The first-order valence-electron chi connectivity index (χ1n) is 11.8. The Bertz CT molecular complexity index is 919. The molecule has 1 aliphatic carbocycles. The van der Waals surface area contributed by atoms with Gasteiger partial charge in [-0.05, 0) is 25.0 Å². The summed E-state index contributed by atoms with van der Waals surface area (Å²) in [5, 5.41) is 2.81. The number of sulfonamides is 1. The first kappa shape index (κ1) is 23.9. The lowest BCUT2D eigenvalue weighted by Crippen LogP contribution is -2.51. The molecule has 3 fully saturated rings. The van der Waals surface area contributed by atoms with Gasteiger partial charge in [0.1, 0.15) is 10.7 Å². The van der Waals surface area contributed by atoms with Crippen molar-refractivity contribution in [2.75, 3.05) is 63.9 Å². The number of nitrogens with zero attached hydrogens (tertiary/aromatic N) is 4. The first-order valence-corrected chi connectivity index (χ1v) is 13.2. The minimum atomic E-state index is -3.57. The molecule has 0 unspecified atom stereocenters. The molecule has 182 valence electrons. The lowest BCUT2D eigenvalue weighted by Gasteiger charge is -2.35. The highest BCUT2D eigenvalue weighted by Gasteiger charge is 2.28. The predicted octanol–water partition coefficient (Wildman–Crippen LogP) is 0.448. The Morgan fingerprint density at radius 3 is 2.33 bits per heavy atom. The summed E-state index contributed by atoms with van der Waals surface area (Å²) in [6.45, 7) is 3.82. The highest BCUT2D eigenvalue weighted by atomic mass is 32.2. The molecule has 1 N–H and O–H groups in total. The van der Waals surface area contributed by atoms with Crippen LogP contribution >= 0.6 is 0 Å². The van der Waals surface area contributed by atoms with Crippen LogP contribution in [0, 0.1) is 5.92 Å². The zero-order chi connectivity index (χ0) is 23.3. The third kappa shape index (κ3) is 5.82. The van der Waals surface area contributed by atoms with Gasteiger partial charge in [0, 0.05) is 51.4 Å². The van der Waals surface area contributed by atoms with Crippen molar-refractivity contribution in [3.63, 3.8) is 0 Å². The first-order chi connectivity index (χ1) is 15.9. The van der Waals surface area contributed by atoms with Crippen molar-refractivity contribution in [1.82, 2.24) is 19.5 Å². The third-order valence-corrected chi connectivity index (χ3v) is 8.56. The van der Waals surface area contributed by atoms with Gasteiger partial charge in [-0.3, -0.25) is 9.59 Å². The monoisotopic (exact) mass is 479 g/mol. The Kier molecular flexibility index (Phi) is 7.82. The van der Waals surface area contributed by atoms with E-state index >= 15 is 0 Å². The lowest BCUT2D eigenvalue weighted by molar-refractivity contribution is -0.134. The van der Waals surface area contributed by atoms with Gasteiger partial charge in [-0.15, -0.1) is 0 Å². The van der Waals surface area contributed by atoms with E-state index in [9.17, 15) is 18.0 Å². The molecule has 0 spiro atoms. The van der Waals surface area contributed by atoms with Gasteiger partial charge >= 0.3 is 0 Å². The minimum Gasteiger partial charge on any atom is -0.379 e. The predicted molar refractivity (Wildman–Crippen MR) is 122 cm³/mol. The Balaban J connectivity index is 1.25. The number of rotatable bonds is 6. The molecule has 0 aromatic carbocycles. The number of nitrogens with one attached hydrogen (secondary N) is 1. The SMILES string of the molecule is O=C(NCC(=O)N1CCN(c2ccc(S(=O)(=O)N3CCOCC3)cn2)CC1)C1CCCCC1. The van der Waals surface area contributed by atoms with Gasteiger partial charge in [-0.1, -0.05) is 19.3 Å². The van der Waals surface area contributed by atoms with E-state index in [4.69, 9.17) is 4.74 Å². The van der Waals surface area contributed by atoms with Gasteiger partial charge in [0.15, 0.2) is 0 Å². The molecule has 3 heterocycles. The van der Waals surface area contributed by atoms with Gasteiger partial charge in [-0.25, -0.2) is 13.4 Å². The van der Waals surface area contributed by atoms with Crippen LogP contribution in [-0.4, -0.2) is 93.4 Å². The van der Waals surface area contributed by atoms with Crippen LogP contribution < -0.4 is 10.2 Å². The Morgan fingerprint density at radius 1 is 1.00 bits per heavy atom. The zero-order valence-electron chi connectivity index (χ0n) is 18.9. The fraction of sp³-hybridized carbons (Fsp3) is 0.682. The molecule has 0 atom stereocenters. The van der Waals surface area contributed by atoms with Crippen LogP contribution in [0.3, 0.4) is 0 Å². The quantitative estimate of drug-likeness (QED) is 0.630. The molecule has 2 aliphatic heterocycles. The van der Waals surface area contributed by atoms with E-state index in [1.165, 1.54) is 16.9 Å².